The Labute approximate surface area is 887 Å². The van der Waals surface area contributed by atoms with Crippen LogP contribution >= 0.6 is 0 Å². The summed E-state index contributed by atoms with van der Waals surface area (Å²) in [6.45, 7) is 13.0. The van der Waals surface area contributed by atoms with Crippen LogP contribution in [0.4, 0.5) is 0 Å². The van der Waals surface area contributed by atoms with Crippen molar-refractivity contribution in [1.29, 1.82) is 0 Å². The molecule has 0 aromatic heterocycles. The van der Waals surface area contributed by atoms with Gasteiger partial charge in [0.15, 0.2) is 0 Å². The van der Waals surface area contributed by atoms with Crippen molar-refractivity contribution < 1.29 is 0 Å². The van der Waals surface area contributed by atoms with E-state index < -0.39 is 0 Å². The molecule has 0 N–H and O–H groups in total. The highest BCUT2D eigenvalue weighted by molar-refractivity contribution is 5.95. The van der Waals surface area contributed by atoms with Crippen LogP contribution in [0.3, 0.4) is 0 Å². The van der Waals surface area contributed by atoms with Crippen molar-refractivity contribution in [2.45, 2.75) is 41.5 Å². The largest absolute Gasteiger partial charge is 0.0622 e. The Bertz CT molecular complexity index is 8330. The topological polar surface area (TPSA) is 0 Å². The molecule has 0 unspecified atom stereocenters. The maximum atomic E-state index is 2.31. The lowest BCUT2D eigenvalue weighted by Gasteiger charge is -2.16. The summed E-state index contributed by atoms with van der Waals surface area (Å²) < 4.78 is 0. The van der Waals surface area contributed by atoms with Crippen LogP contribution in [0.5, 0.6) is 0 Å². The van der Waals surface area contributed by atoms with Gasteiger partial charge >= 0.3 is 0 Å². The van der Waals surface area contributed by atoms with Gasteiger partial charge in [0.05, 0.1) is 0 Å². The molecule has 0 heteroatoms. The van der Waals surface area contributed by atoms with Crippen LogP contribution in [-0.4, -0.2) is 0 Å². The molecule has 0 spiro atoms. The van der Waals surface area contributed by atoms with E-state index in [0.717, 1.165) is 0 Å². The van der Waals surface area contributed by atoms with Gasteiger partial charge in [-0.1, -0.05) is 587 Å². The van der Waals surface area contributed by atoms with Crippen molar-refractivity contribution in [3.63, 3.8) is 0 Å². The van der Waals surface area contributed by atoms with Crippen molar-refractivity contribution in [3.05, 3.63) is 652 Å². The molecule has 0 saturated heterocycles. The minimum atomic E-state index is 1.24. The Balaban J connectivity index is 0.000000113. The first-order valence-corrected chi connectivity index (χ1v) is 51.8. The van der Waals surface area contributed by atoms with Gasteiger partial charge in [-0.25, -0.2) is 0 Å². The van der Waals surface area contributed by atoms with E-state index in [2.05, 4.69) is 660 Å². The van der Waals surface area contributed by atoms with Crippen LogP contribution in [0, 0.1) is 41.5 Å². The summed E-state index contributed by atoms with van der Waals surface area (Å²) in [7, 11) is 0. The second kappa shape index (κ2) is 49.7. The molecule has 0 radical (unpaired) electrons. The summed E-state index contributed by atoms with van der Waals surface area (Å²) in [5.74, 6) is 0. The number of benzene rings is 24. The molecule has 0 fully saturated rings. The summed E-state index contributed by atoms with van der Waals surface area (Å²) >= 11 is 0. The fourth-order valence-corrected chi connectivity index (χ4v) is 19.7. The molecule has 0 heterocycles. The molecule has 24 aromatic carbocycles. The monoisotopic (exact) mass is 1920 g/mol. The van der Waals surface area contributed by atoms with E-state index in [4.69, 9.17) is 0 Å². The van der Waals surface area contributed by atoms with E-state index >= 15 is 0 Å². The predicted molar refractivity (Wildman–Crippen MR) is 645 cm³/mol. The van der Waals surface area contributed by atoms with Crippen molar-refractivity contribution in [2.24, 2.45) is 0 Å². The van der Waals surface area contributed by atoms with Crippen LogP contribution in [0.1, 0.15) is 33.4 Å². The van der Waals surface area contributed by atoms with Gasteiger partial charge in [-0.15, -0.1) is 0 Å². The highest BCUT2D eigenvalue weighted by Gasteiger charge is 2.20. The SMILES string of the molecule is Cc1c(-c2ccccc2)cc(-c2ccccc2)cc1-c1ccccc1.Cc1ccc(-c2cc(-c3ccccc3)cc(-c3ccccc3)c2)cc1.Cc1ccc(-c2ccc(-c3ccccc3)c(-c3ccccc3)c2)cc1.Cc1ccc(-c2ccc(-c3ccccc3)cc2-c2ccccc2)cc1.Cc1cccc(-c2ccccc2-c2ccccc2)c1-c1ccccc1.Cc1ccccc1-c1cccc(-c2ccccc2-c2ccccc2)c1. The van der Waals surface area contributed by atoms with Gasteiger partial charge in [-0.3, -0.25) is 0 Å². The fourth-order valence-electron chi connectivity index (χ4n) is 19.7. The van der Waals surface area contributed by atoms with Gasteiger partial charge in [0.2, 0.25) is 0 Å². The lowest BCUT2D eigenvalue weighted by Crippen LogP contribution is -1.91. The zero-order valence-corrected chi connectivity index (χ0v) is 85.9. The summed E-state index contributed by atoms with van der Waals surface area (Å²) in [6.07, 6.45) is 0. The van der Waals surface area contributed by atoms with E-state index in [-0.39, 0.29) is 0 Å². The van der Waals surface area contributed by atoms with Gasteiger partial charge < -0.3 is 0 Å². The zero-order chi connectivity index (χ0) is 102. The van der Waals surface area contributed by atoms with E-state index in [1.54, 1.807) is 0 Å². The molecule has 0 nitrogen and oxygen atoms in total. The molecule has 150 heavy (non-hydrogen) atoms. The predicted octanol–water partition coefficient (Wildman–Crippen LogP) is 42.0. The zero-order valence-electron chi connectivity index (χ0n) is 85.9. The minimum Gasteiger partial charge on any atom is -0.0622 e. The Hall–Kier alpha value is -18.7. The lowest BCUT2D eigenvalue weighted by molar-refractivity contribution is 1.44. The first-order chi connectivity index (χ1) is 73.9. The maximum Gasteiger partial charge on any atom is -0.00759 e. The van der Waals surface area contributed by atoms with Gasteiger partial charge in [0.1, 0.15) is 0 Å². The van der Waals surface area contributed by atoms with Crippen molar-refractivity contribution in [3.8, 4) is 200 Å². The molecule has 0 amide bonds. The normalized spacial score (nSPS) is 10.6. The Morgan fingerprint density at radius 3 is 0.620 bits per heavy atom. The summed E-state index contributed by atoms with van der Waals surface area (Å²) in [5.41, 5.74) is 53.2. The molecule has 0 aliphatic rings. The first kappa shape index (κ1) is 100.0. The van der Waals surface area contributed by atoms with Crippen molar-refractivity contribution >= 4 is 0 Å². The summed E-state index contributed by atoms with van der Waals surface area (Å²) in [5, 5.41) is 0. The summed E-state index contributed by atoms with van der Waals surface area (Å²) in [4.78, 5) is 0. The van der Waals surface area contributed by atoms with Crippen molar-refractivity contribution in [2.75, 3.05) is 0 Å². The van der Waals surface area contributed by atoms with Crippen LogP contribution in [0.25, 0.3) is 200 Å². The molecule has 0 bridgehead atoms. The average Bonchev–Trinajstić information content (AvgIpc) is 0.787. The second-order valence-electron chi connectivity index (χ2n) is 38.0. The molecule has 24 rings (SSSR count). The van der Waals surface area contributed by atoms with E-state index in [1.165, 1.54) is 234 Å². The highest BCUT2D eigenvalue weighted by Crippen LogP contribution is 2.45. The molecule has 0 saturated carbocycles. The minimum absolute atomic E-state index is 1.24. The van der Waals surface area contributed by atoms with E-state index in [9.17, 15) is 0 Å². The Morgan fingerprint density at radius 1 is 0.0867 bits per heavy atom. The van der Waals surface area contributed by atoms with Gasteiger partial charge in [-0.2, -0.15) is 0 Å². The third-order valence-electron chi connectivity index (χ3n) is 27.6. The maximum absolute atomic E-state index is 2.31. The molecule has 0 aliphatic heterocycles. The highest BCUT2D eigenvalue weighted by atomic mass is 14.2. The molecular formula is C150H120. The molecule has 0 atom stereocenters. The number of rotatable bonds is 18. The second-order valence-corrected chi connectivity index (χ2v) is 38.0. The number of hydrogen-bond acceptors (Lipinski definition) is 0. The average molecular weight is 1920 g/mol. The van der Waals surface area contributed by atoms with Gasteiger partial charge in [0, 0.05) is 0 Å². The Kier molecular flexibility index (Phi) is 33.1. The smallest absolute Gasteiger partial charge is 0.00759 e. The number of hydrogen-bond donors (Lipinski definition) is 0. The third-order valence-corrected chi connectivity index (χ3v) is 27.6. The van der Waals surface area contributed by atoms with Crippen LogP contribution in [0.15, 0.2) is 619 Å². The number of aryl methyl sites for hydroxylation is 5. The van der Waals surface area contributed by atoms with Crippen LogP contribution in [-0.2, 0) is 0 Å². The molecule has 0 aliphatic carbocycles. The fraction of sp³-hybridized carbons (Fsp3) is 0.0400. The Morgan fingerprint density at radius 2 is 0.273 bits per heavy atom. The van der Waals surface area contributed by atoms with E-state index in [1.807, 2.05) is 0 Å². The first-order valence-electron chi connectivity index (χ1n) is 51.8. The van der Waals surface area contributed by atoms with Crippen LogP contribution < -0.4 is 0 Å². The molecular weight excluding hydrogens is 1800 g/mol. The molecule has 720 valence electrons. The lowest BCUT2D eigenvalue weighted by atomic mass is 9.87. The standard InChI is InChI=1S/6C25H20/c1-19-24(21-13-7-3-8-14-21)17-23(20-11-5-2-6-12-20)18-25(19)22-15-9-4-10-16-22;1-19-11-10-18-24(25(19)21-14-6-3-7-15-21)23-17-9-8-16-22(23)20-12-4-2-5-13-20;1-19-12-14-22(15-13-19)25-17-23(20-8-4-2-5-9-20)16-24(18-25)21-10-6-3-7-11-21;1-19-12-14-20(15-13-19)23-16-17-24(21-8-4-2-5-9-21)25(18-23)22-10-6-3-7-11-22;1-19-12-14-22(15-13-19)24-17-16-23(20-8-4-2-5-9-20)18-25(24)21-10-6-3-7-11-21;1-19-10-5-6-15-23(19)21-13-9-14-22(18-21)25-17-8-7-16-24(25)20-11-3-2-4-12-20/h6*2-18H,1H3. The van der Waals surface area contributed by atoms with Gasteiger partial charge in [0.25, 0.3) is 0 Å². The molecule has 24 aromatic rings. The quantitative estimate of drug-likeness (QED) is 0.0803. The van der Waals surface area contributed by atoms with Gasteiger partial charge in [-0.05, 0) is 307 Å². The van der Waals surface area contributed by atoms with E-state index in [0.29, 0.717) is 0 Å². The van der Waals surface area contributed by atoms with Crippen molar-refractivity contribution in [1.82, 2.24) is 0 Å². The summed E-state index contributed by atoms with van der Waals surface area (Å²) in [6, 6.07) is 220. The van der Waals surface area contributed by atoms with Crippen LogP contribution in [0.2, 0.25) is 0 Å². The third kappa shape index (κ3) is 25.2.